The Morgan fingerprint density at radius 3 is 2.31 bits per heavy atom. The number of hydrogen-bond acceptors (Lipinski definition) is 5. The number of ether oxygens (including phenoxy) is 1. The van der Waals surface area contributed by atoms with Gasteiger partial charge in [-0.2, -0.15) is 0 Å². The van der Waals surface area contributed by atoms with E-state index < -0.39 is 0 Å². The van der Waals surface area contributed by atoms with Gasteiger partial charge in [0.25, 0.3) is 0 Å². The van der Waals surface area contributed by atoms with E-state index in [1.165, 1.54) is 5.56 Å². The van der Waals surface area contributed by atoms with Gasteiger partial charge in [-0.1, -0.05) is 13.8 Å². The summed E-state index contributed by atoms with van der Waals surface area (Å²) in [6.45, 7) is 9.73. The molecular weight excluding hydrogens is 364 g/mol. The van der Waals surface area contributed by atoms with Gasteiger partial charge in [-0.3, -0.25) is 4.79 Å². The van der Waals surface area contributed by atoms with E-state index in [4.69, 9.17) is 14.9 Å². The van der Waals surface area contributed by atoms with Gasteiger partial charge >= 0.3 is 0 Å². The number of hydrogen-bond donors (Lipinski definition) is 1. The molecule has 5 heteroatoms. The van der Waals surface area contributed by atoms with Gasteiger partial charge in [0, 0.05) is 23.2 Å². The van der Waals surface area contributed by atoms with Gasteiger partial charge in [0.15, 0.2) is 0 Å². The Morgan fingerprint density at radius 2 is 1.72 bits per heavy atom. The fourth-order valence-electron chi connectivity index (χ4n) is 2.57. The van der Waals surface area contributed by atoms with Crippen LogP contribution in [0.5, 0.6) is 5.75 Å². The minimum Gasteiger partial charge on any atom is -0.494 e. The largest absolute Gasteiger partial charge is 0.494 e. The number of aryl methyl sites for hydroxylation is 2. The van der Waals surface area contributed by atoms with E-state index >= 15 is 0 Å². The molecule has 3 rings (SSSR count). The van der Waals surface area contributed by atoms with Crippen molar-refractivity contribution in [2.45, 2.75) is 34.1 Å². The molecule has 158 valence electrons. The molecule has 0 aliphatic heterocycles. The molecule has 0 atom stereocenters. The molecule has 0 saturated carbocycles. The third-order valence-electron chi connectivity index (χ3n) is 4.23. The summed E-state index contributed by atoms with van der Waals surface area (Å²) < 4.78 is 11.0. The summed E-state index contributed by atoms with van der Waals surface area (Å²) in [5.41, 5.74) is 9.21. The highest BCUT2D eigenvalue weighted by molar-refractivity contribution is 5.84. The van der Waals surface area contributed by atoms with E-state index in [-0.39, 0.29) is 0 Å². The molecule has 0 aliphatic carbocycles. The molecule has 0 aliphatic rings. The number of nitrogens with two attached hydrogens (primary N) is 1. The van der Waals surface area contributed by atoms with Gasteiger partial charge in [0.05, 0.1) is 6.61 Å². The van der Waals surface area contributed by atoms with Gasteiger partial charge in [-0.05, 0) is 82.4 Å². The van der Waals surface area contributed by atoms with Crippen LogP contribution in [0.25, 0.3) is 11.0 Å². The van der Waals surface area contributed by atoms with Gasteiger partial charge in [-0.25, -0.2) is 0 Å². The summed E-state index contributed by atoms with van der Waals surface area (Å²) in [6.07, 6.45) is 1.83. The highest BCUT2D eigenvalue weighted by Crippen LogP contribution is 2.25. The third kappa shape index (κ3) is 8.00. The van der Waals surface area contributed by atoms with Crippen LogP contribution in [0.2, 0.25) is 0 Å². The van der Waals surface area contributed by atoms with E-state index in [0.29, 0.717) is 12.2 Å². The van der Waals surface area contributed by atoms with Crippen molar-refractivity contribution in [2.24, 2.45) is 0 Å². The molecule has 0 spiro atoms. The molecule has 29 heavy (non-hydrogen) atoms. The fraction of sp³-hybridized carbons (Fsp3) is 0.375. The Labute approximate surface area is 174 Å². The van der Waals surface area contributed by atoms with Crippen LogP contribution < -0.4 is 10.5 Å². The second kappa shape index (κ2) is 12.6. The number of benzene rings is 2. The lowest BCUT2D eigenvalue weighted by atomic mass is 10.1. The number of rotatable bonds is 6. The van der Waals surface area contributed by atoms with Crippen molar-refractivity contribution in [3.63, 3.8) is 0 Å². The van der Waals surface area contributed by atoms with Crippen LogP contribution in [-0.2, 0) is 0 Å². The first-order chi connectivity index (χ1) is 13.9. The number of carbonyl (C=O) groups is 1. The average molecular weight is 399 g/mol. The SMILES string of the molecule is CC.CN(C)CCCOc1ccc(C=O)cc1.Cc1oc2ccc(N)cc2c1C. The van der Waals surface area contributed by atoms with Gasteiger partial charge in [0.2, 0.25) is 0 Å². The van der Waals surface area contributed by atoms with Crippen molar-refractivity contribution in [3.8, 4) is 5.75 Å². The third-order valence-corrected chi connectivity index (χ3v) is 4.23. The van der Waals surface area contributed by atoms with Crippen molar-refractivity contribution in [2.75, 3.05) is 33.0 Å². The Hall–Kier alpha value is -2.79. The number of anilines is 1. The molecule has 1 heterocycles. The zero-order valence-electron chi connectivity index (χ0n) is 18.5. The molecule has 1 aromatic heterocycles. The molecule has 0 unspecified atom stereocenters. The maximum atomic E-state index is 10.4. The first-order valence-electron chi connectivity index (χ1n) is 9.98. The fourth-order valence-corrected chi connectivity index (χ4v) is 2.57. The quantitative estimate of drug-likeness (QED) is 0.338. The lowest BCUT2D eigenvalue weighted by Gasteiger charge is -2.10. The Kier molecular flexibility index (Phi) is 10.6. The zero-order chi connectivity index (χ0) is 21.8. The lowest BCUT2D eigenvalue weighted by Crippen LogP contribution is -2.15. The maximum absolute atomic E-state index is 10.4. The summed E-state index contributed by atoms with van der Waals surface area (Å²) in [5.74, 6) is 1.79. The smallest absolute Gasteiger partial charge is 0.150 e. The molecule has 2 aromatic carbocycles. The molecule has 2 N–H and O–H groups in total. The Morgan fingerprint density at radius 1 is 1.07 bits per heavy atom. The van der Waals surface area contributed by atoms with E-state index in [1.54, 1.807) is 12.1 Å². The minimum absolute atomic E-state index is 0.677. The highest BCUT2D eigenvalue weighted by Gasteiger charge is 2.05. The van der Waals surface area contributed by atoms with Crippen molar-refractivity contribution >= 4 is 22.9 Å². The first-order valence-corrected chi connectivity index (χ1v) is 9.98. The summed E-state index contributed by atoms with van der Waals surface area (Å²) in [7, 11) is 4.08. The number of fused-ring (bicyclic) bond motifs is 1. The number of nitrogens with zero attached hydrogens (tertiary/aromatic N) is 1. The van der Waals surface area contributed by atoms with Gasteiger partial charge in [-0.15, -0.1) is 0 Å². The number of aldehydes is 1. The van der Waals surface area contributed by atoms with Gasteiger partial charge in [0.1, 0.15) is 23.4 Å². The number of furan rings is 1. The second-order valence-corrected chi connectivity index (χ2v) is 6.73. The minimum atomic E-state index is 0.677. The number of nitrogen functional groups attached to an aromatic ring is 1. The molecule has 3 aromatic rings. The summed E-state index contributed by atoms with van der Waals surface area (Å²) in [6, 6.07) is 12.9. The summed E-state index contributed by atoms with van der Waals surface area (Å²) in [5, 5.41) is 1.12. The van der Waals surface area contributed by atoms with E-state index in [9.17, 15) is 4.79 Å². The van der Waals surface area contributed by atoms with Crippen LogP contribution in [0.1, 0.15) is 41.9 Å². The second-order valence-electron chi connectivity index (χ2n) is 6.73. The van der Waals surface area contributed by atoms with Crippen LogP contribution >= 0.6 is 0 Å². The standard InChI is InChI=1S/C12H17NO2.C10H11NO.C2H6/c1-13(2)8-3-9-15-12-6-4-11(10-14)5-7-12;1-6-7(2)12-10-4-3-8(11)5-9(6)10;1-2/h4-7,10H,3,8-9H2,1-2H3;3-5H,11H2,1-2H3;1-2H3. The van der Waals surface area contributed by atoms with Gasteiger partial charge < -0.3 is 19.8 Å². The highest BCUT2D eigenvalue weighted by atomic mass is 16.5. The maximum Gasteiger partial charge on any atom is 0.150 e. The topological polar surface area (TPSA) is 68.7 Å². The van der Waals surface area contributed by atoms with E-state index in [1.807, 2.05) is 72.1 Å². The normalized spacial score (nSPS) is 10.0. The molecule has 5 nitrogen and oxygen atoms in total. The molecule has 0 fully saturated rings. The van der Waals surface area contributed by atoms with E-state index in [0.717, 1.165) is 47.4 Å². The lowest BCUT2D eigenvalue weighted by molar-refractivity contribution is 0.112. The average Bonchev–Trinajstić information content (AvgIpc) is 3.01. The van der Waals surface area contributed by atoms with Crippen LogP contribution in [0.15, 0.2) is 46.9 Å². The van der Waals surface area contributed by atoms with Crippen LogP contribution in [0.3, 0.4) is 0 Å². The Balaban J connectivity index is 0.000000272. The summed E-state index contributed by atoms with van der Waals surface area (Å²) >= 11 is 0. The summed E-state index contributed by atoms with van der Waals surface area (Å²) in [4.78, 5) is 12.5. The molecule has 0 amide bonds. The molecule has 0 bridgehead atoms. The Bertz CT molecular complexity index is 868. The van der Waals surface area contributed by atoms with Crippen molar-refractivity contribution in [3.05, 3.63) is 59.4 Å². The first kappa shape index (κ1) is 24.2. The molecular formula is C24H34N2O3. The number of carbonyl (C=O) groups excluding carboxylic acids is 1. The van der Waals surface area contributed by atoms with Crippen LogP contribution in [-0.4, -0.2) is 38.4 Å². The van der Waals surface area contributed by atoms with Crippen LogP contribution in [0.4, 0.5) is 5.69 Å². The van der Waals surface area contributed by atoms with Crippen LogP contribution in [0, 0.1) is 13.8 Å². The zero-order valence-corrected chi connectivity index (χ0v) is 18.5. The van der Waals surface area contributed by atoms with Crippen molar-refractivity contribution in [1.82, 2.24) is 4.90 Å². The predicted molar refractivity (Wildman–Crippen MR) is 122 cm³/mol. The molecule has 0 radical (unpaired) electrons. The van der Waals surface area contributed by atoms with E-state index in [2.05, 4.69) is 4.90 Å². The predicted octanol–water partition coefficient (Wildman–Crippen LogP) is 5.49. The van der Waals surface area contributed by atoms with Crippen molar-refractivity contribution < 1.29 is 13.9 Å². The molecule has 0 saturated heterocycles. The van der Waals surface area contributed by atoms with Crippen molar-refractivity contribution in [1.29, 1.82) is 0 Å². The monoisotopic (exact) mass is 398 g/mol.